The van der Waals surface area contributed by atoms with Gasteiger partial charge in [-0.2, -0.15) is 10.2 Å². The predicted octanol–water partition coefficient (Wildman–Crippen LogP) is 5.96. The van der Waals surface area contributed by atoms with Crippen LogP contribution in [0.3, 0.4) is 0 Å². The van der Waals surface area contributed by atoms with Crippen LogP contribution >= 0.6 is 23.2 Å². The smallest absolute Gasteiger partial charge is 0.356 e. The molecule has 2 N–H and O–H groups in total. The third kappa shape index (κ3) is 13.3. The third-order valence-electron chi connectivity index (χ3n) is 7.26. The lowest BCUT2D eigenvalue weighted by molar-refractivity contribution is 0.0594. The van der Waals surface area contributed by atoms with Gasteiger partial charge in [-0.1, -0.05) is 67.0 Å². The molecule has 0 spiro atoms. The fourth-order valence-corrected chi connectivity index (χ4v) is 5.06. The number of pyridine rings is 2. The van der Waals surface area contributed by atoms with E-state index in [-0.39, 0.29) is 30.7 Å². The molecule has 6 aromatic rings. The van der Waals surface area contributed by atoms with Gasteiger partial charge in [0, 0.05) is 48.7 Å². The maximum Gasteiger partial charge on any atom is 0.356 e. The minimum Gasteiger partial charge on any atom is -0.464 e. The molecule has 0 radical (unpaired) electrons. The zero-order valence-electron chi connectivity index (χ0n) is 28.6. The molecule has 4 heterocycles. The van der Waals surface area contributed by atoms with Crippen LogP contribution in [-0.2, 0) is 38.1 Å². The number of Topliss-reactive ketones (excluding diaryl/α,β-unsaturated/α-hetero) is 1. The lowest BCUT2D eigenvalue weighted by atomic mass is 10.1. The largest absolute Gasteiger partial charge is 0.464 e. The highest BCUT2D eigenvalue weighted by atomic mass is 35.5. The molecule has 2 aromatic carbocycles. The summed E-state index contributed by atoms with van der Waals surface area (Å²) in [4.78, 5) is 53.8. The van der Waals surface area contributed by atoms with E-state index >= 15 is 0 Å². The molecular weight excluding hydrogens is 717 g/mol. The van der Waals surface area contributed by atoms with E-state index in [9.17, 15) is 19.2 Å². The van der Waals surface area contributed by atoms with Gasteiger partial charge in [-0.25, -0.2) is 19.1 Å². The number of nitrogens with zero attached hydrogens (tertiary/aromatic N) is 6. The van der Waals surface area contributed by atoms with Crippen molar-refractivity contribution in [3.05, 3.63) is 180 Å². The Morgan fingerprint density at radius 1 is 0.679 bits per heavy atom. The molecule has 0 amide bonds. The van der Waals surface area contributed by atoms with Gasteiger partial charge < -0.3 is 10.5 Å². The number of ketones is 1. The molecule has 0 atom stereocenters. The molecule has 14 heteroatoms. The van der Waals surface area contributed by atoms with E-state index in [1.807, 2.05) is 60.7 Å². The molecule has 0 aliphatic heterocycles. The van der Waals surface area contributed by atoms with Gasteiger partial charge in [0.25, 0.3) is 11.1 Å². The maximum absolute atomic E-state index is 12.3. The number of ether oxygens (including phenoxy) is 1. The van der Waals surface area contributed by atoms with Gasteiger partial charge in [0.2, 0.25) is 0 Å². The summed E-state index contributed by atoms with van der Waals surface area (Å²) in [6.45, 7) is 0. The molecule has 12 nitrogen and oxygen atoms in total. The molecule has 0 unspecified atom stereocenters. The first-order chi connectivity index (χ1) is 24.9. The van der Waals surface area contributed by atoms with E-state index in [0.717, 1.165) is 28.7 Å². The van der Waals surface area contributed by atoms with Crippen LogP contribution in [0, 0.1) is 0 Å². The topological polar surface area (TPSA) is 165 Å². The summed E-state index contributed by atoms with van der Waals surface area (Å²) >= 11 is 11.9. The normalized spacial score (nSPS) is 10.1. The first-order valence-corrected chi connectivity index (χ1v) is 16.5. The highest BCUT2D eigenvalue weighted by Gasteiger charge is 2.11. The number of esters is 1. The molecule has 0 aliphatic rings. The van der Waals surface area contributed by atoms with Crippen molar-refractivity contribution < 1.29 is 14.3 Å². The molecule has 0 fully saturated rings. The first-order valence-electron chi connectivity index (χ1n) is 15.7. The Balaban J connectivity index is 0.000000235. The molecule has 274 valence electrons. The number of halogens is 2. The van der Waals surface area contributed by atoms with E-state index < -0.39 is 5.97 Å². The van der Waals surface area contributed by atoms with Gasteiger partial charge in [0.1, 0.15) is 17.2 Å². The zero-order chi connectivity index (χ0) is 37.6. The summed E-state index contributed by atoms with van der Waals surface area (Å²) in [5.74, 6) is -0.207. The molecule has 53 heavy (non-hydrogen) atoms. The van der Waals surface area contributed by atoms with Crippen LogP contribution in [0.25, 0.3) is 0 Å². The average Bonchev–Trinajstić information content (AvgIpc) is 3.12. The van der Waals surface area contributed by atoms with Crippen molar-refractivity contribution in [3.63, 3.8) is 0 Å². The number of rotatable bonds is 8. The number of carbonyl (C=O) groups is 2. The van der Waals surface area contributed by atoms with Gasteiger partial charge in [-0.05, 0) is 83.6 Å². The third-order valence-corrected chi connectivity index (χ3v) is 7.73. The predicted molar refractivity (Wildman–Crippen MR) is 206 cm³/mol. The van der Waals surface area contributed by atoms with Crippen LogP contribution in [0.4, 0.5) is 5.82 Å². The summed E-state index contributed by atoms with van der Waals surface area (Å²) < 4.78 is 6.99. The Hall–Kier alpha value is -5.98. The molecule has 4 aromatic heterocycles. The molecular formula is C39H39Cl2N7O5. The van der Waals surface area contributed by atoms with Crippen LogP contribution in [0.5, 0.6) is 0 Å². The average molecular weight is 757 g/mol. The van der Waals surface area contributed by atoms with Crippen LogP contribution in [0.2, 0.25) is 10.0 Å². The number of aryl methyl sites for hydroxylation is 2. The summed E-state index contributed by atoms with van der Waals surface area (Å²) in [7, 11) is 4.45. The maximum atomic E-state index is 12.3. The van der Waals surface area contributed by atoms with Crippen LogP contribution in [-0.4, -0.2) is 48.4 Å². The summed E-state index contributed by atoms with van der Waals surface area (Å²) in [5, 5.41) is 9.13. The van der Waals surface area contributed by atoms with Gasteiger partial charge in [0.15, 0.2) is 5.78 Å². The van der Waals surface area contributed by atoms with E-state index in [4.69, 9.17) is 28.9 Å². The quantitative estimate of drug-likeness (QED) is 0.145. The summed E-state index contributed by atoms with van der Waals surface area (Å²) in [6.07, 6.45) is 4.91. The number of nitrogen functional groups attached to an aromatic ring is 1. The Morgan fingerprint density at radius 3 is 1.62 bits per heavy atom. The Kier molecular flexibility index (Phi) is 15.8. The highest BCUT2D eigenvalue weighted by molar-refractivity contribution is 6.30. The Bertz CT molecular complexity index is 2260. The zero-order valence-corrected chi connectivity index (χ0v) is 30.1. The van der Waals surface area contributed by atoms with Crippen molar-refractivity contribution in [1.82, 2.24) is 29.5 Å². The molecule has 6 rings (SSSR count). The highest BCUT2D eigenvalue weighted by Crippen LogP contribution is 2.16. The minimum atomic E-state index is -0.427. The second-order valence-electron chi connectivity index (χ2n) is 11.3. The number of benzene rings is 2. The minimum absolute atomic E-state index is 0. The number of methoxy groups -OCH3 is 1. The summed E-state index contributed by atoms with van der Waals surface area (Å²) in [6, 6.07) is 28.2. The molecule has 0 aliphatic carbocycles. The fraction of sp³-hybridized carbons (Fsp3) is 0.179. The van der Waals surface area contributed by atoms with Crippen LogP contribution in [0.15, 0.2) is 119 Å². The number of aromatic nitrogens is 6. The number of anilines is 1. The standard InChI is InChI=1S/C19H16ClN3O2.C14H12ClNO2.C5H7N3O.CH4/c1-23-19(25)8-6-16(22-23)11-18(24)17-7-5-14(12-21-17)9-13-3-2-4-15(20)10-13;1-18-14(17)13-6-5-11(9-16-13)7-10-3-2-4-12(15)8-10;1-8-5(9)3-2-4(6)7-8;/h2-8,10,12H,9,11H2,1H3;2-6,8-9H,7H2,1H3;2-3H,1H3,(H2,6,7);1H4. The van der Waals surface area contributed by atoms with Crippen molar-refractivity contribution in [2.75, 3.05) is 12.8 Å². The van der Waals surface area contributed by atoms with Crippen molar-refractivity contribution in [2.45, 2.75) is 26.7 Å². The fourth-order valence-electron chi connectivity index (χ4n) is 4.63. The van der Waals surface area contributed by atoms with E-state index in [1.165, 1.54) is 34.7 Å². The van der Waals surface area contributed by atoms with Crippen molar-refractivity contribution in [2.24, 2.45) is 14.1 Å². The lowest BCUT2D eigenvalue weighted by Gasteiger charge is -2.05. The SMILES string of the molecule is C.COC(=O)c1ccc(Cc2cccc(Cl)c2)cn1.Cn1nc(CC(=O)c2ccc(Cc3cccc(Cl)c3)cn2)ccc1=O.Cn1nc(N)ccc1=O. The van der Waals surface area contributed by atoms with Gasteiger partial charge in [-0.15, -0.1) is 0 Å². The van der Waals surface area contributed by atoms with Gasteiger partial charge >= 0.3 is 5.97 Å². The van der Waals surface area contributed by atoms with Crippen LogP contribution in [0.1, 0.15) is 56.4 Å². The molecule has 0 saturated heterocycles. The Labute approximate surface area is 316 Å². The van der Waals surface area contributed by atoms with Crippen molar-refractivity contribution in [1.29, 1.82) is 0 Å². The van der Waals surface area contributed by atoms with Gasteiger partial charge in [-0.3, -0.25) is 19.4 Å². The van der Waals surface area contributed by atoms with Crippen LogP contribution < -0.4 is 16.9 Å². The van der Waals surface area contributed by atoms with E-state index in [1.54, 1.807) is 44.7 Å². The second-order valence-corrected chi connectivity index (χ2v) is 12.2. The summed E-state index contributed by atoms with van der Waals surface area (Å²) in [5.41, 5.74) is 10.3. The van der Waals surface area contributed by atoms with E-state index in [2.05, 4.69) is 24.9 Å². The van der Waals surface area contributed by atoms with Crippen molar-refractivity contribution >= 4 is 40.8 Å². The van der Waals surface area contributed by atoms with E-state index in [0.29, 0.717) is 39.4 Å². The first kappa shape index (κ1) is 41.4. The number of carbonyl (C=O) groups excluding carboxylic acids is 2. The number of nitrogens with two attached hydrogens (primary N) is 1. The number of hydrogen-bond donors (Lipinski definition) is 1. The monoisotopic (exact) mass is 755 g/mol. The molecule has 0 bridgehead atoms. The van der Waals surface area contributed by atoms with Crippen molar-refractivity contribution in [3.8, 4) is 0 Å². The second kappa shape index (κ2) is 20.2. The Morgan fingerprint density at radius 2 is 1.19 bits per heavy atom. The van der Waals surface area contributed by atoms with Gasteiger partial charge in [0.05, 0.1) is 19.2 Å². The lowest BCUT2D eigenvalue weighted by Crippen LogP contribution is -2.20. The number of hydrogen-bond acceptors (Lipinski definition) is 10. The molecule has 0 saturated carbocycles.